The molecule has 8 heteroatoms. The second-order valence-electron chi connectivity index (χ2n) is 2.49. The minimum atomic E-state index is -5.19. The first-order chi connectivity index (χ1) is 6.75. The Labute approximate surface area is 91.0 Å². The van der Waals surface area contributed by atoms with Gasteiger partial charge in [0.15, 0.2) is 0 Å². The first-order valence-corrected chi connectivity index (χ1v) is 4.68. The first kappa shape index (κ1) is 16.9. The molecule has 0 aliphatic heterocycles. The number of hydrogen-bond acceptors (Lipinski definition) is 4. The molecule has 0 saturated heterocycles. The summed E-state index contributed by atoms with van der Waals surface area (Å²) in [7, 11) is 0. The Balaban J connectivity index is 0. The van der Waals surface area contributed by atoms with Crippen molar-refractivity contribution in [1.82, 2.24) is 0 Å². The molecule has 15 heavy (non-hydrogen) atoms. The quantitative estimate of drug-likeness (QED) is 0.618. The Morgan fingerprint density at radius 2 is 2.00 bits per heavy atom. The fraction of sp³-hybridized carbons (Fsp3) is 0.857. The Morgan fingerprint density at radius 1 is 1.60 bits per heavy atom. The van der Waals surface area contributed by atoms with Crippen molar-refractivity contribution in [3.63, 3.8) is 0 Å². The van der Waals surface area contributed by atoms with Crippen LogP contribution in [0, 0.1) is 0 Å². The van der Waals surface area contributed by atoms with Gasteiger partial charge in [-0.3, -0.25) is 0 Å². The van der Waals surface area contributed by atoms with Crippen LogP contribution in [0.25, 0.3) is 0 Å². The summed E-state index contributed by atoms with van der Waals surface area (Å²) in [5, 5.41) is 8.78. The number of quaternary nitrogens is 1. The van der Waals surface area contributed by atoms with Gasteiger partial charge in [0.25, 0.3) is 0 Å². The third-order valence-corrected chi connectivity index (χ3v) is 1.56. The monoisotopic (exact) mass is 249 g/mol. The lowest BCUT2D eigenvalue weighted by Gasteiger charge is -2.03. The van der Waals surface area contributed by atoms with Gasteiger partial charge in [-0.05, 0) is 6.92 Å². The Morgan fingerprint density at radius 3 is 2.20 bits per heavy atom. The minimum Gasteiger partial charge on any atom is -0.542 e. The zero-order valence-corrected chi connectivity index (χ0v) is 9.11. The highest BCUT2D eigenvalue weighted by atomic mass is 32.1. The van der Waals surface area contributed by atoms with Gasteiger partial charge >= 0.3 is 6.18 Å². The molecule has 1 atom stereocenters. The molecule has 3 N–H and O–H groups in total. The number of hydrogen-bond donors (Lipinski definition) is 2. The SMILES string of the molecule is CCOC[C@H]([NH3+])CS.O=C([O-])C(F)(F)F. The van der Waals surface area contributed by atoms with Gasteiger partial charge < -0.3 is 20.4 Å². The van der Waals surface area contributed by atoms with Gasteiger partial charge in [-0.15, -0.1) is 0 Å². The lowest BCUT2D eigenvalue weighted by Crippen LogP contribution is -2.64. The topological polar surface area (TPSA) is 77.0 Å². The third kappa shape index (κ3) is 13.5. The van der Waals surface area contributed by atoms with Gasteiger partial charge in [-0.2, -0.15) is 25.8 Å². The van der Waals surface area contributed by atoms with Gasteiger partial charge in [0.1, 0.15) is 12.0 Å². The molecule has 0 spiro atoms. The number of carboxylic acid groups (broad SMARTS) is 1. The summed E-state index contributed by atoms with van der Waals surface area (Å²) < 4.78 is 36.6. The minimum absolute atomic E-state index is 0.346. The highest BCUT2D eigenvalue weighted by Crippen LogP contribution is 2.11. The van der Waals surface area contributed by atoms with Crippen LogP contribution >= 0.6 is 12.6 Å². The van der Waals surface area contributed by atoms with E-state index in [1.165, 1.54) is 0 Å². The number of ether oxygens (including phenoxy) is 1. The maximum atomic E-state index is 10.5. The van der Waals surface area contributed by atoms with Crippen molar-refractivity contribution < 1.29 is 33.5 Å². The molecule has 0 bridgehead atoms. The van der Waals surface area contributed by atoms with Gasteiger partial charge in [-0.1, -0.05) is 0 Å². The molecule has 0 aromatic rings. The maximum absolute atomic E-state index is 10.5. The molecule has 0 rings (SSSR count). The average Bonchev–Trinajstić information content (AvgIpc) is 2.13. The summed E-state index contributed by atoms with van der Waals surface area (Å²) in [6.07, 6.45) is -5.19. The molecule has 4 nitrogen and oxygen atoms in total. The number of carboxylic acids is 1. The number of halogens is 3. The van der Waals surface area contributed by atoms with Crippen LogP contribution in [0.2, 0.25) is 0 Å². The molecule has 0 aromatic carbocycles. The molecule has 0 saturated carbocycles. The predicted octanol–water partition coefficient (Wildman–Crippen LogP) is -1.14. The summed E-state index contributed by atoms with van der Waals surface area (Å²) in [5.74, 6) is -2.20. The third-order valence-electron chi connectivity index (χ3n) is 1.05. The number of carbonyl (C=O) groups excluding carboxylic acids is 1. The summed E-state index contributed by atoms with van der Waals surface area (Å²) in [4.78, 5) is 8.78. The first-order valence-electron chi connectivity index (χ1n) is 4.05. The van der Waals surface area contributed by atoms with Crippen molar-refractivity contribution in [3.8, 4) is 0 Å². The number of thiol groups is 1. The van der Waals surface area contributed by atoms with E-state index in [0.29, 0.717) is 6.04 Å². The molecule has 0 amide bonds. The molecule has 0 heterocycles. The van der Waals surface area contributed by atoms with Crippen LogP contribution in [0.15, 0.2) is 0 Å². The van der Waals surface area contributed by atoms with E-state index in [1.807, 2.05) is 6.92 Å². The molecule has 0 aliphatic rings. The van der Waals surface area contributed by atoms with E-state index < -0.39 is 12.1 Å². The van der Waals surface area contributed by atoms with E-state index in [-0.39, 0.29) is 0 Å². The van der Waals surface area contributed by atoms with E-state index in [0.717, 1.165) is 19.0 Å². The van der Waals surface area contributed by atoms with Crippen LogP contribution in [0.5, 0.6) is 0 Å². The van der Waals surface area contributed by atoms with Crippen LogP contribution in [0.4, 0.5) is 13.2 Å². The van der Waals surface area contributed by atoms with Crippen molar-refractivity contribution in [3.05, 3.63) is 0 Å². The van der Waals surface area contributed by atoms with Gasteiger partial charge in [0.05, 0.1) is 6.61 Å². The van der Waals surface area contributed by atoms with Gasteiger partial charge in [-0.25, -0.2) is 0 Å². The zero-order valence-electron chi connectivity index (χ0n) is 8.21. The second-order valence-corrected chi connectivity index (χ2v) is 2.86. The lowest BCUT2D eigenvalue weighted by atomic mass is 10.4. The Bertz CT molecular complexity index is 177. The Kier molecular flexibility index (Phi) is 9.95. The molecule has 92 valence electrons. The van der Waals surface area contributed by atoms with Crippen LogP contribution in [-0.2, 0) is 9.53 Å². The van der Waals surface area contributed by atoms with Crippen molar-refractivity contribution in [2.75, 3.05) is 19.0 Å². The number of carbonyl (C=O) groups is 1. The maximum Gasteiger partial charge on any atom is 0.430 e. The highest BCUT2D eigenvalue weighted by molar-refractivity contribution is 7.80. The normalized spacial score (nSPS) is 12.7. The van der Waals surface area contributed by atoms with Crippen molar-refractivity contribution in [1.29, 1.82) is 0 Å². The molecule has 0 radical (unpaired) electrons. The summed E-state index contributed by atoms with van der Waals surface area (Å²) >= 11 is 4.05. The van der Waals surface area contributed by atoms with Crippen molar-refractivity contribution in [2.45, 2.75) is 19.1 Å². The van der Waals surface area contributed by atoms with Crippen LogP contribution in [-0.4, -0.2) is 37.2 Å². The fourth-order valence-electron chi connectivity index (χ4n) is 0.337. The number of aliphatic carboxylic acids is 1. The molecule has 0 fully saturated rings. The van der Waals surface area contributed by atoms with Crippen LogP contribution < -0.4 is 10.8 Å². The second kappa shape index (κ2) is 8.81. The van der Waals surface area contributed by atoms with Crippen LogP contribution in [0.3, 0.4) is 0 Å². The molecule has 0 unspecified atom stereocenters. The molecular weight excluding hydrogens is 235 g/mol. The summed E-state index contributed by atoms with van der Waals surface area (Å²) in [6, 6.07) is 0.346. The largest absolute Gasteiger partial charge is 0.542 e. The van der Waals surface area contributed by atoms with Gasteiger partial charge in [0, 0.05) is 12.4 Å². The van der Waals surface area contributed by atoms with E-state index in [9.17, 15) is 13.2 Å². The summed E-state index contributed by atoms with van der Waals surface area (Å²) in [6.45, 7) is 3.49. The Hall–Kier alpha value is -0.470. The van der Waals surface area contributed by atoms with Crippen molar-refractivity contribution in [2.24, 2.45) is 0 Å². The molecule has 0 aromatic heterocycles. The number of rotatable bonds is 4. The standard InChI is InChI=1S/C5H13NOS.C2HF3O2/c1-2-7-3-5(6)4-8;3-2(4,5)1(6)7/h5,8H,2-4,6H2,1H3;(H,6,7)/t5-;/m0./s1. The highest BCUT2D eigenvalue weighted by Gasteiger charge is 2.28. The molecule has 0 aliphatic carbocycles. The predicted molar refractivity (Wildman–Crippen MR) is 48.1 cm³/mol. The number of alkyl halides is 3. The fourth-order valence-corrected chi connectivity index (χ4v) is 0.443. The van der Waals surface area contributed by atoms with Crippen molar-refractivity contribution >= 4 is 18.6 Å². The van der Waals surface area contributed by atoms with E-state index in [2.05, 4.69) is 18.4 Å². The van der Waals surface area contributed by atoms with Crippen LogP contribution in [0.1, 0.15) is 6.92 Å². The molecular formula is C7H14F3NO3S. The zero-order chi connectivity index (χ0) is 12.5. The van der Waals surface area contributed by atoms with E-state index in [1.54, 1.807) is 0 Å². The van der Waals surface area contributed by atoms with E-state index >= 15 is 0 Å². The van der Waals surface area contributed by atoms with Gasteiger partial charge in [0.2, 0.25) is 0 Å². The smallest absolute Gasteiger partial charge is 0.430 e. The summed E-state index contributed by atoms with van der Waals surface area (Å²) in [5.41, 5.74) is 3.79. The van der Waals surface area contributed by atoms with E-state index in [4.69, 9.17) is 14.6 Å². The lowest BCUT2D eigenvalue weighted by molar-refractivity contribution is -0.418. The average molecular weight is 249 g/mol.